The summed E-state index contributed by atoms with van der Waals surface area (Å²) >= 11 is 0. The number of β-amino-alcohol motifs (C(OH)–C–C–N with tert-alkyl or cyclic N) is 1. The third kappa shape index (κ3) is 4.92. The number of nitrogens with zero attached hydrogens (tertiary/aromatic N) is 1. The number of aliphatic hydroxyl groups is 2. The summed E-state index contributed by atoms with van der Waals surface area (Å²) in [5.74, 6) is 0. The van der Waals surface area contributed by atoms with Crippen molar-refractivity contribution in [1.29, 1.82) is 0 Å². The van der Waals surface area contributed by atoms with Gasteiger partial charge in [0, 0.05) is 19.6 Å². The normalized spacial score (nSPS) is 19.8. The molecule has 0 atom stereocenters. The van der Waals surface area contributed by atoms with Crippen molar-refractivity contribution < 1.29 is 14.9 Å². The van der Waals surface area contributed by atoms with Gasteiger partial charge in [-0.15, -0.1) is 0 Å². The molecule has 0 aromatic carbocycles. The molecule has 0 radical (unpaired) electrons. The van der Waals surface area contributed by atoms with Gasteiger partial charge in [-0.25, -0.2) is 0 Å². The second-order valence-corrected chi connectivity index (χ2v) is 5.00. The first-order chi connectivity index (χ1) is 8.13. The number of hydrogen-bond donors (Lipinski definition) is 2. The van der Waals surface area contributed by atoms with Gasteiger partial charge in [0.25, 0.3) is 0 Å². The Morgan fingerprint density at radius 1 is 1.24 bits per heavy atom. The first-order valence-corrected chi connectivity index (χ1v) is 6.80. The summed E-state index contributed by atoms with van der Waals surface area (Å²) < 4.78 is 5.52. The summed E-state index contributed by atoms with van der Waals surface area (Å²) in [6, 6.07) is 0. The molecule has 4 heteroatoms. The van der Waals surface area contributed by atoms with Crippen molar-refractivity contribution in [2.24, 2.45) is 0 Å². The maximum atomic E-state index is 10.3. The maximum absolute atomic E-state index is 10.3. The van der Waals surface area contributed by atoms with Gasteiger partial charge in [-0.3, -0.25) is 0 Å². The molecule has 2 N–H and O–H groups in total. The highest BCUT2D eigenvalue weighted by Crippen LogP contribution is 2.20. The molecule has 0 saturated carbocycles. The summed E-state index contributed by atoms with van der Waals surface area (Å²) in [5.41, 5.74) is -0.529. The fraction of sp³-hybridized carbons (Fsp3) is 1.00. The number of likely N-dealkylation sites (tertiary alicyclic amines) is 1. The van der Waals surface area contributed by atoms with E-state index in [1.165, 1.54) is 0 Å². The van der Waals surface area contributed by atoms with Crippen LogP contribution in [0.1, 0.15) is 39.5 Å². The lowest BCUT2D eigenvalue weighted by Gasteiger charge is -2.37. The van der Waals surface area contributed by atoms with Crippen molar-refractivity contribution in [3.05, 3.63) is 0 Å². The number of piperidine rings is 1. The average molecular weight is 245 g/mol. The molecule has 0 unspecified atom stereocenters. The molecule has 0 aromatic heterocycles. The van der Waals surface area contributed by atoms with Crippen LogP contribution in [-0.2, 0) is 4.74 Å². The van der Waals surface area contributed by atoms with Gasteiger partial charge < -0.3 is 19.8 Å². The van der Waals surface area contributed by atoms with Crippen molar-refractivity contribution in [3.8, 4) is 0 Å². The molecule has 0 bridgehead atoms. The Labute approximate surface area is 105 Å². The Bertz CT molecular complexity index is 199. The fourth-order valence-corrected chi connectivity index (χ4v) is 2.34. The smallest absolute Gasteiger partial charge is 0.0768 e. The number of rotatable bonds is 7. The summed E-state index contributed by atoms with van der Waals surface area (Å²) in [4.78, 5) is 2.33. The lowest BCUT2D eigenvalue weighted by molar-refractivity contribution is -0.0399. The second kappa shape index (κ2) is 7.31. The van der Waals surface area contributed by atoms with Gasteiger partial charge in [-0.1, -0.05) is 13.8 Å². The van der Waals surface area contributed by atoms with E-state index in [1.807, 2.05) is 13.8 Å². The van der Waals surface area contributed by atoms with Crippen molar-refractivity contribution in [3.63, 3.8) is 0 Å². The van der Waals surface area contributed by atoms with Crippen LogP contribution in [0.2, 0.25) is 0 Å². The highest BCUT2D eigenvalue weighted by atomic mass is 16.5. The van der Waals surface area contributed by atoms with Crippen LogP contribution in [0.15, 0.2) is 0 Å². The zero-order valence-corrected chi connectivity index (χ0v) is 11.2. The average Bonchev–Trinajstić information content (AvgIpc) is 2.38. The summed E-state index contributed by atoms with van der Waals surface area (Å²) in [5, 5.41) is 19.0. The van der Waals surface area contributed by atoms with Crippen LogP contribution in [0.5, 0.6) is 0 Å². The van der Waals surface area contributed by atoms with Gasteiger partial charge in [0.1, 0.15) is 0 Å². The van der Waals surface area contributed by atoms with E-state index in [-0.39, 0.29) is 12.7 Å². The first kappa shape index (κ1) is 14.9. The SMILES string of the molecule is CCC(O)(CC)CN1CCC(OCCO)CC1. The van der Waals surface area contributed by atoms with E-state index in [1.54, 1.807) is 0 Å². The van der Waals surface area contributed by atoms with Gasteiger partial charge in [0.15, 0.2) is 0 Å². The van der Waals surface area contributed by atoms with Gasteiger partial charge >= 0.3 is 0 Å². The molecule has 0 aliphatic carbocycles. The van der Waals surface area contributed by atoms with E-state index < -0.39 is 5.60 Å². The van der Waals surface area contributed by atoms with Crippen LogP contribution in [0.3, 0.4) is 0 Å². The topological polar surface area (TPSA) is 52.9 Å². The Morgan fingerprint density at radius 3 is 2.29 bits per heavy atom. The van der Waals surface area contributed by atoms with Crippen molar-refractivity contribution in [2.45, 2.75) is 51.2 Å². The van der Waals surface area contributed by atoms with E-state index in [4.69, 9.17) is 9.84 Å². The largest absolute Gasteiger partial charge is 0.394 e. The minimum Gasteiger partial charge on any atom is -0.394 e. The van der Waals surface area contributed by atoms with Crippen LogP contribution in [-0.4, -0.2) is 59.7 Å². The first-order valence-electron chi connectivity index (χ1n) is 6.80. The Kier molecular flexibility index (Phi) is 6.41. The van der Waals surface area contributed by atoms with Gasteiger partial charge in [0.05, 0.1) is 24.9 Å². The van der Waals surface area contributed by atoms with Crippen LogP contribution in [0.4, 0.5) is 0 Å². The molecule has 1 aliphatic rings. The molecular weight excluding hydrogens is 218 g/mol. The zero-order valence-electron chi connectivity index (χ0n) is 11.2. The minimum atomic E-state index is -0.529. The third-order valence-corrected chi connectivity index (χ3v) is 3.81. The summed E-state index contributed by atoms with van der Waals surface area (Å²) in [6.45, 7) is 7.37. The highest BCUT2D eigenvalue weighted by molar-refractivity contribution is 4.82. The maximum Gasteiger partial charge on any atom is 0.0768 e. The molecule has 102 valence electrons. The monoisotopic (exact) mass is 245 g/mol. The van der Waals surface area contributed by atoms with Gasteiger partial charge in [-0.05, 0) is 25.7 Å². The predicted molar refractivity (Wildman–Crippen MR) is 68.0 cm³/mol. The minimum absolute atomic E-state index is 0.103. The molecule has 1 fully saturated rings. The summed E-state index contributed by atoms with van der Waals surface area (Å²) in [7, 11) is 0. The molecule has 1 saturated heterocycles. The fourth-order valence-electron chi connectivity index (χ4n) is 2.34. The number of aliphatic hydroxyl groups excluding tert-OH is 1. The molecule has 17 heavy (non-hydrogen) atoms. The van der Waals surface area contributed by atoms with Gasteiger partial charge in [-0.2, -0.15) is 0 Å². The van der Waals surface area contributed by atoms with Crippen molar-refractivity contribution in [2.75, 3.05) is 32.8 Å². The second-order valence-electron chi connectivity index (χ2n) is 5.00. The lowest BCUT2D eigenvalue weighted by Crippen LogP contribution is -2.46. The molecule has 4 nitrogen and oxygen atoms in total. The molecule has 1 heterocycles. The molecule has 0 amide bonds. The highest BCUT2D eigenvalue weighted by Gasteiger charge is 2.28. The number of ether oxygens (including phenoxy) is 1. The summed E-state index contributed by atoms with van der Waals surface area (Å²) in [6.07, 6.45) is 3.91. The van der Waals surface area contributed by atoms with Gasteiger partial charge in [0.2, 0.25) is 0 Å². The standard InChI is InChI=1S/C13H27NO3/c1-3-13(16,4-2)11-14-7-5-12(6-8-14)17-10-9-15/h12,15-16H,3-11H2,1-2H3. The third-order valence-electron chi connectivity index (χ3n) is 3.81. The quantitative estimate of drug-likeness (QED) is 0.703. The zero-order chi connectivity index (χ0) is 12.7. The molecule has 1 rings (SSSR count). The van der Waals surface area contributed by atoms with Crippen LogP contribution >= 0.6 is 0 Å². The van der Waals surface area contributed by atoms with Crippen molar-refractivity contribution >= 4 is 0 Å². The number of hydrogen-bond acceptors (Lipinski definition) is 4. The lowest BCUT2D eigenvalue weighted by atomic mass is 9.95. The van der Waals surface area contributed by atoms with Crippen molar-refractivity contribution in [1.82, 2.24) is 4.90 Å². The van der Waals surface area contributed by atoms with E-state index >= 15 is 0 Å². The van der Waals surface area contributed by atoms with E-state index in [0.717, 1.165) is 45.3 Å². The molecular formula is C13H27NO3. The Balaban J connectivity index is 2.27. The predicted octanol–water partition coefficient (Wildman–Crippen LogP) is 1.01. The Morgan fingerprint density at radius 2 is 1.82 bits per heavy atom. The van der Waals surface area contributed by atoms with E-state index in [0.29, 0.717) is 6.61 Å². The van der Waals surface area contributed by atoms with Crippen LogP contribution in [0, 0.1) is 0 Å². The van der Waals surface area contributed by atoms with E-state index in [2.05, 4.69) is 4.90 Å². The van der Waals surface area contributed by atoms with Crippen LogP contribution in [0.25, 0.3) is 0 Å². The molecule has 1 aliphatic heterocycles. The molecule has 0 aromatic rings. The molecule has 0 spiro atoms. The van der Waals surface area contributed by atoms with E-state index in [9.17, 15) is 5.11 Å². The Hall–Kier alpha value is -0.160. The van der Waals surface area contributed by atoms with Crippen LogP contribution < -0.4 is 0 Å².